The average Bonchev–Trinajstić information content (AvgIpc) is 3.26. The monoisotopic (exact) mass is 412 g/mol. The highest BCUT2D eigenvalue weighted by molar-refractivity contribution is 5.77. The van der Waals surface area contributed by atoms with E-state index < -0.39 is 0 Å². The highest BCUT2D eigenvalue weighted by Gasteiger charge is 2.28. The number of carbonyl (C=O) groups excluding carboxylic acids is 1. The lowest BCUT2D eigenvalue weighted by Crippen LogP contribution is -2.54. The van der Waals surface area contributed by atoms with Crippen molar-refractivity contribution in [2.45, 2.75) is 51.5 Å². The van der Waals surface area contributed by atoms with Crippen LogP contribution in [0.25, 0.3) is 0 Å². The third-order valence-corrected chi connectivity index (χ3v) is 6.16. The molecule has 6 nitrogen and oxygen atoms in total. The van der Waals surface area contributed by atoms with Crippen molar-refractivity contribution in [1.29, 1.82) is 0 Å². The molecule has 7 heteroatoms. The molecule has 4 rings (SSSR count). The van der Waals surface area contributed by atoms with E-state index in [4.69, 9.17) is 4.74 Å². The van der Waals surface area contributed by atoms with Gasteiger partial charge in [-0.2, -0.15) is 0 Å². The van der Waals surface area contributed by atoms with E-state index >= 15 is 0 Å². The molecule has 0 radical (unpaired) electrons. The summed E-state index contributed by atoms with van der Waals surface area (Å²) >= 11 is 0. The molecule has 1 aliphatic heterocycles. The molecule has 2 fully saturated rings. The predicted molar refractivity (Wildman–Crippen MR) is 113 cm³/mol. The molecule has 1 saturated carbocycles. The molecule has 160 valence electrons. The first kappa shape index (κ1) is 20.6. The van der Waals surface area contributed by atoms with Gasteiger partial charge >= 0.3 is 0 Å². The molecule has 1 atom stereocenters. The van der Waals surface area contributed by atoms with Crippen molar-refractivity contribution in [2.75, 3.05) is 24.5 Å². The molecule has 1 aromatic carbocycles. The van der Waals surface area contributed by atoms with Crippen LogP contribution in [0.15, 0.2) is 36.7 Å². The van der Waals surface area contributed by atoms with Gasteiger partial charge < -0.3 is 14.5 Å². The molecule has 1 saturated heterocycles. The van der Waals surface area contributed by atoms with Crippen LogP contribution >= 0.6 is 0 Å². The van der Waals surface area contributed by atoms with Gasteiger partial charge in [0, 0.05) is 44.2 Å². The first-order valence-corrected chi connectivity index (χ1v) is 10.9. The van der Waals surface area contributed by atoms with Crippen LogP contribution in [0.3, 0.4) is 0 Å². The van der Waals surface area contributed by atoms with Crippen molar-refractivity contribution < 1.29 is 13.9 Å². The smallest absolute Gasteiger partial charge is 0.224 e. The second kappa shape index (κ2) is 9.41. The summed E-state index contributed by atoms with van der Waals surface area (Å²) in [6, 6.07) is 7.85. The Kier molecular flexibility index (Phi) is 6.45. The highest BCUT2D eigenvalue weighted by atomic mass is 19.1. The van der Waals surface area contributed by atoms with Crippen molar-refractivity contribution in [3.63, 3.8) is 0 Å². The van der Waals surface area contributed by atoms with Crippen molar-refractivity contribution in [3.8, 4) is 11.6 Å². The quantitative estimate of drug-likeness (QED) is 0.703. The molecule has 1 amide bonds. The fourth-order valence-corrected chi connectivity index (χ4v) is 4.52. The zero-order valence-corrected chi connectivity index (χ0v) is 17.5. The molecule has 2 heterocycles. The lowest BCUT2D eigenvalue weighted by molar-refractivity contribution is -0.133. The standard InChI is InChI=1S/C23H29FN4O2/c1-17-15-27(11-12-28(17)23(29)10-9-18-5-2-3-6-18)21-14-22(26-16-25-21)30-20-8-4-7-19(24)13-20/h4,7-8,13-14,16-18H,2-3,5-6,9-12,15H2,1H3/t17-/m1/s1. The lowest BCUT2D eigenvalue weighted by atomic mass is 10.0. The molecule has 0 bridgehead atoms. The molecule has 30 heavy (non-hydrogen) atoms. The van der Waals surface area contributed by atoms with Crippen molar-refractivity contribution in [2.24, 2.45) is 5.92 Å². The number of aromatic nitrogens is 2. The van der Waals surface area contributed by atoms with Crippen molar-refractivity contribution in [3.05, 3.63) is 42.5 Å². The van der Waals surface area contributed by atoms with E-state index in [2.05, 4.69) is 21.8 Å². The van der Waals surface area contributed by atoms with Gasteiger partial charge in [-0.05, 0) is 31.4 Å². The summed E-state index contributed by atoms with van der Waals surface area (Å²) in [5, 5.41) is 0. The van der Waals surface area contributed by atoms with Gasteiger partial charge in [0.1, 0.15) is 23.7 Å². The van der Waals surface area contributed by atoms with E-state index in [1.807, 2.05) is 4.90 Å². The molecule has 0 spiro atoms. The van der Waals surface area contributed by atoms with E-state index in [1.165, 1.54) is 44.1 Å². The molecule has 0 N–H and O–H groups in total. The van der Waals surface area contributed by atoms with E-state index in [9.17, 15) is 9.18 Å². The molecule has 1 aliphatic carbocycles. The van der Waals surface area contributed by atoms with Crippen molar-refractivity contribution in [1.82, 2.24) is 14.9 Å². The van der Waals surface area contributed by atoms with E-state index in [1.54, 1.807) is 18.2 Å². The van der Waals surface area contributed by atoms with Crippen LogP contribution in [0, 0.1) is 11.7 Å². The van der Waals surface area contributed by atoms with Gasteiger partial charge in [-0.3, -0.25) is 4.79 Å². The minimum Gasteiger partial charge on any atom is -0.439 e. The number of benzene rings is 1. The normalized spacial score (nSPS) is 19.9. The molecule has 2 aliphatic rings. The van der Waals surface area contributed by atoms with Crippen LogP contribution in [0.5, 0.6) is 11.6 Å². The summed E-state index contributed by atoms with van der Waals surface area (Å²) in [7, 11) is 0. The van der Waals surface area contributed by atoms with Crippen LogP contribution in [0.4, 0.5) is 10.2 Å². The van der Waals surface area contributed by atoms with Crippen LogP contribution in [0.2, 0.25) is 0 Å². The Hall–Kier alpha value is -2.70. The maximum atomic E-state index is 13.4. The Morgan fingerprint density at radius 2 is 2.03 bits per heavy atom. The topological polar surface area (TPSA) is 58.6 Å². The van der Waals surface area contributed by atoms with Crippen LogP contribution in [0.1, 0.15) is 45.4 Å². The zero-order chi connectivity index (χ0) is 20.9. The molecule has 0 unspecified atom stereocenters. The van der Waals surface area contributed by atoms with Gasteiger partial charge in [0.2, 0.25) is 11.8 Å². The number of ether oxygens (including phenoxy) is 1. The maximum absolute atomic E-state index is 13.4. The number of hydrogen-bond donors (Lipinski definition) is 0. The third-order valence-electron chi connectivity index (χ3n) is 6.16. The number of amides is 1. The van der Waals surface area contributed by atoms with Gasteiger partial charge in [0.05, 0.1) is 0 Å². The Balaban J connectivity index is 1.34. The molecular formula is C23H29FN4O2. The zero-order valence-electron chi connectivity index (χ0n) is 17.5. The Morgan fingerprint density at radius 3 is 2.80 bits per heavy atom. The number of halogens is 1. The summed E-state index contributed by atoms with van der Waals surface area (Å²) < 4.78 is 19.0. The Morgan fingerprint density at radius 1 is 1.20 bits per heavy atom. The number of anilines is 1. The number of nitrogens with zero attached hydrogens (tertiary/aromatic N) is 4. The van der Waals surface area contributed by atoms with Crippen LogP contribution < -0.4 is 9.64 Å². The minimum atomic E-state index is -0.357. The van der Waals surface area contributed by atoms with Crippen LogP contribution in [-0.2, 0) is 4.79 Å². The summed E-state index contributed by atoms with van der Waals surface area (Å²) in [5.74, 6) is 2.17. The largest absolute Gasteiger partial charge is 0.439 e. The Labute approximate surface area is 177 Å². The number of piperazine rings is 1. The lowest BCUT2D eigenvalue weighted by Gasteiger charge is -2.40. The highest BCUT2D eigenvalue weighted by Crippen LogP contribution is 2.29. The third kappa shape index (κ3) is 5.07. The Bertz CT molecular complexity index is 872. The van der Waals surface area contributed by atoms with Gasteiger partial charge in [0.15, 0.2) is 0 Å². The van der Waals surface area contributed by atoms with E-state index in [0.29, 0.717) is 31.1 Å². The van der Waals surface area contributed by atoms with E-state index in [0.717, 1.165) is 24.7 Å². The summed E-state index contributed by atoms with van der Waals surface area (Å²) in [5.41, 5.74) is 0. The molecule has 2 aromatic rings. The fourth-order valence-electron chi connectivity index (χ4n) is 4.52. The van der Waals surface area contributed by atoms with Gasteiger partial charge in [-0.15, -0.1) is 0 Å². The number of carbonyl (C=O) groups is 1. The fraction of sp³-hybridized carbons (Fsp3) is 0.522. The maximum Gasteiger partial charge on any atom is 0.224 e. The second-order valence-electron chi connectivity index (χ2n) is 8.35. The summed E-state index contributed by atoms with van der Waals surface area (Å²) in [6.07, 6.45) is 8.34. The first-order chi connectivity index (χ1) is 14.6. The minimum absolute atomic E-state index is 0.123. The molecule has 1 aromatic heterocycles. The average molecular weight is 413 g/mol. The van der Waals surface area contributed by atoms with Gasteiger partial charge in [-0.1, -0.05) is 31.7 Å². The second-order valence-corrected chi connectivity index (χ2v) is 8.35. The molecular weight excluding hydrogens is 383 g/mol. The number of hydrogen-bond acceptors (Lipinski definition) is 5. The first-order valence-electron chi connectivity index (χ1n) is 10.9. The van der Waals surface area contributed by atoms with Gasteiger partial charge in [0.25, 0.3) is 0 Å². The number of rotatable bonds is 6. The van der Waals surface area contributed by atoms with Gasteiger partial charge in [-0.25, -0.2) is 14.4 Å². The summed E-state index contributed by atoms with van der Waals surface area (Å²) in [6.45, 7) is 4.21. The predicted octanol–water partition coefficient (Wildman–Crippen LogP) is 4.42. The SMILES string of the molecule is C[C@@H]1CN(c2cc(Oc3cccc(F)c3)ncn2)CCN1C(=O)CCC1CCCC1. The van der Waals surface area contributed by atoms with Crippen molar-refractivity contribution >= 4 is 11.7 Å². The van der Waals surface area contributed by atoms with Crippen LogP contribution in [-0.4, -0.2) is 46.5 Å². The summed E-state index contributed by atoms with van der Waals surface area (Å²) in [4.78, 5) is 25.4. The van der Waals surface area contributed by atoms with E-state index in [-0.39, 0.29) is 17.8 Å².